The SMILES string of the molecule is O=C=NCc1cccc(NC(=O)Oc2ccccc2)c1. The van der Waals surface area contributed by atoms with Crippen LogP contribution in [0.3, 0.4) is 0 Å². The Balaban J connectivity index is 1.99. The molecule has 1 N–H and O–H groups in total. The summed E-state index contributed by atoms with van der Waals surface area (Å²) in [5.74, 6) is 0.465. The third-order valence-electron chi connectivity index (χ3n) is 2.45. The molecule has 2 rings (SSSR count). The molecule has 0 aliphatic carbocycles. The number of para-hydroxylation sites is 1. The molecule has 0 spiro atoms. The Bertz CT molecular complexity index is 635. The number of benzene rings is 2. The van der Waals surface area contributed by atoms with Crippen molar-refractivity contribution in [2.75, 3.05) is 5.32 Å². The number of carbonyl (C=O) groups excluding carboxylic acids is 2. The minimum atomic E-state index is -0.577. The molecule has 2 aromatic carbocycles. The van der Waals surface area contributed by atoms with Crippen LogP contribution in [0.1, 0.15) is 5.56 Å². The lowest BCUT2D eigenvalue weighted by atomic mass is 10.2. The van der Waals surface area contributed by atoms with E-state index in [1.807, 2.05) is 6.07 Å². The number of anilines is 1. The van der Waals surface area contributed by atoms with Crippen molar-refractivity contribution in [2.45, 2.75) is 6.54 Å². The lowest BCUT2D eigenvalue weighted by molar-refractivity contribution is 0.215. The highest BCUT2D eigenvalue weighted by Gasteiger charge is 2.05. The van der Waals surface area contributed by atoms with Crippen LogP contribution in [0.2, 0.25) is 0 Å². The summed E-state index contributed by atoms with van der Waals surface area (Å²) >= 11 is 0. The highest BCUT2D eigenvalue weighted by molar-refractivity contribution is 5.86. The third kappa shape index (κ3) is 4.08. The van der Waals surface area contributed by atoms with Gasteiger partial charge in [0.05, 0.1) is 6.54 Å². The lowest BCUT2D eigenvalue weighted by Crippen LogP contribution is -2.16. The predicted octanol–water partition coefficient (Wildman–Crippen LogP) is 3.13. The zero-order valence-electron chi connectivity index (χ0n) is 10.6. The van der Waals surface area contributed by atoms with E-state index >= 15 is 0 Å². The van der Waals surface area contributed by atoms with Gasteiger partial charge in [-0.1, -0.05) is 30.3 Å². The number of hydrogen-bond donors (Lipinski definition) is 1. The minimum Gasteiger partial charge on any atom is -0.410 e. The molecule has 0 saturated carbocycles. The Morgan fingerprint density at radius 1 is 1.15 bits per heavy atom. The summed E-state index contributed by atoms with van der Waals surface area (Å²) in [4.78, 5) is 25.2. The van der Waals surface area contributed by atoms with Crippen LogP contribution < -0.4 is 10.1 Å². The second kappa shape index (κ2) is 6.87. The second-order valence-corrected chi connectivity index (χ2v) is 3.94. The van der Waals surface area contributed by atoms with E-state index in [1.165, 1.54) is 6.08 Å². The van der Waals surface area contributed by atoms with E-state index in [1.54, 1.807) is 48.5 Å². The van der Waals surface area contributed by atoms with E-state index < -0.39 is 6.09 Å². The Hall–Kier alpha value is -2.91. The molecule has 0 radical (unpaired) electrons. The summed E-state index contributed by atoms with van der Waals surface area (Å²) < 4.78 is 5.10. The summed E-state index contributed by atoms with van der Waals surface area (Å²) in [6.45, 7) is 0.229. The Labute approximate surface area is 115 Å². The number of rotatable bonds is 4. The smallest absolute Gasteiger partial charge is 0.410 e. The second-order valence-electron chi connectivity index (χ2n) is 3.94. The molecule has 20 heavy (non-hydrogen) atoms. The molecule has 5 heteroatoms. The Morgan fingerprint density at radius 3 is 2.70 bits per heavy atom. The van der Waals surface area contributed by atoms with Gasteiger partial charge in [-0.2, -0.15) is 0 Å². The highest BCUT2D eigenvalue weighted by atomic mass is 16.6. The van der Waals surface area contributed by atoms with E-state index in [-0.39, 0.29) is 6.54 Å². The van der Waals surface area contributed by atoms with E-state index in [0.717, 1.165) is 5.56 Å². The van der Waals surface area contributed by atoms with Crippen LogP contribution >= 0.6 is 0 Å². The maximum absolute atomic E-state index is 11.7. The van der Waals surface area contributed by atoms with Gasteiger partial charge in [0.2, 0.25) is 6.08 Å². The quantitative estimate of drug-likeness (QED) is 0.684. The molecular weight excluding hydrogens is 256 g/mol. The zero-order valence-corrected chi connectivity index (χ0v) is 10.6. The molecule has 0 bridgehead atoms. The molecule has 5 nitrogen and oxygen atoms in total. The van der Waals surface area contributed by atoms with Crippen LogP contribution in [0.25, 0.3) is 0 Å². The number of isocyanates is 1. The van der Waals surface area contributed by atoms with Crippen molar-refractivity contribution in [1.29, 1.82) is 0 Å². The first-order chi connectivity index (χ1) is 9.78. The molecule has 0 aliphatic heterocycles. The van der Waals surface area contributed by atoms with E-state index in [9.17, 15) is 9.59 Å². The standard InChI is InChI=1S/C15H12N2O3/c18-11-16-10-12-5-4-6-13(9-12)17-15(19)20-14-7-2-1-3-8-14/h1-9H,10H2,(H,17,19). The van der Waals surface area contributed by atoms with Gasteiger partial charge in [0.15, 0.2) is 0 Å². The van der Waals surface area contributed by atoms with Crippen molar-refractivity contribution in [1.82, 2.24) is 0 Å². The Kier molecular flexibility index (Phi) is 4.65. The maximum Gasteiger partial charge on any atom is 0.417 e. The van der Waals surface area contributed by atoms with Crippen LogP contribution in [-0.4, -0.2) is 12.2 Å². The maximum atomic E-state index is 11.7. The van der Waals surface area contributed by atoms with Crippen LogP contribution in [0, 0.1) is 0 Å². The average molecular weight is 268 g/mol. The number of nitrogens with one attached hydrogen (secondary N) is 1. The number of hydrogen-bond acceptors (Lipinski definition) is 4. The third-order valence-corrected chi connectivity index (χ3v) is 2.45. The zero-order chi connectivity index (χ0) is 14.2. The van der Waals surface area contributed by atoms with Crippen molar-refractivity contribution in [3.63, 3.8) is 0 Å². The van der Waals surface area contributed by atoms with E-state index in [4.69, 9.17) is 4.74 Å². The van der Waals surface area contributed by atoms with Crippen molar-refractivity contribution in [2.24, 2.45) is 4.99 Å². The van der Waals surface area contributed by atoms with E-state index in [2.05, 4.69) is 10.3 Å². The fraction of sp³-hybridized carbons (Fsp3) is 0.0667. The molecule has 100 valence electrons. The summed E-state index contributed by atoms with van der Waals surface area (Å²) in [6.07, 6.45) is 0.895. The first kappa shape index (κ1) is 13.5. The molecule has 1 amide bonds. The first-order valence-electron chi connectivity index (χ1n) is 5.94. The number of aliphatic imine (C=N–C) groups is 1. The first-order valence-corrected chi connectivity index (χ1v) is 5.94. The van der Waals surface area contributed by atoms with Gasteiger partial charge in [0, 0.05) is 5.69 Å². The minimum absolute atomic E-state index is 0.229. The summed E-state index contributed by atoms with van der Waals surface area (Å²) in [7, 11) is 0. The normalized spacial score (nSPS) is 9.40. The monoisotopic (exact) mass is 268 g/mol. The molecule has 0 fully saturated rings. The van der Waals surface area contributed by atoms with Crippen LogP contribution in [0.5, 0.6) is 5.75 Å². The lowest BCUT2D eigenvalue weighted by Gasteiger charge is -2.07. The van der Waals surface area contributed by atoms with Crippen molar-refractivity contribution in [3.05, 3.63) is 60.2 Å². The van der Waals surface area contributed by atoms with Crippen molar-refractivity contribution in [3.8, 4) is 5.75 Å². The van der Waals surface area contributed by atoms with Gasteiger partial charge in [-0.3, -0.25) is 5.32 Å². The van der Waals surface area contributed by atoms with Crippen LogP contribution in [-0.2, 0) is 11.3 Å². The van der Waals surface area contributed by atoms with Crippen LogP contribution in [0.4, 0.5) is 10.5 Å². The molecule has 0 aliphatic rings. The van der Waals surface area contributed by atoms with Gasteiger partial charge in [0.1, 0.15) is 5.75 Å². The number of amides is 1. The molecule has 0 atom stereocenters. The fourth-order valence-corrected chi connectivity index (χ4v) is 1.61. The van der Waals surface area contributed by atoms with Gasteiger partial charge < -0.3 is 4.74 Å². The van der Waals surface area contributed by atoms with Crippen molar-refractivity contribution < 1.29 is 14.3 Å². The van der Waals surface area contributed by atoms with Gasteiger partial charge in [-0.05, 0) is 29.8 Å². The topological polar surface area (TPSA) is 67.8 Å². The summed E-state index contributed by atoms with van der Waals surface area (Å²) in [6, 6.07) is 15.8. The predicted molar refractivity (Wildman–Crippen MR) is 74.4 cm³/mol. The fourth-order valence-electron chi connectivity index (χ4n) is 1.61. The van der Waals surface area contributed by atoms with Gasteiger partial charge in [-0.25, -0.2) is 14.6 Å². The number of carbonyl (C=O) groups is 1. The highest BCUT2D eigenvalue weighted by Crippen LogP contribution is 2.13. The van der Waals surface area contributed by atoms with Crippen LogP contribution in [0.15, 0.2) is 59.6 Å². The van der Waals surface area contributed by atoms with Gasteiger partial charge in [-0.15, -0.1) is 0 Å². The van der Waals surface area contributed by atoms with E-state index in [0.29, 0.717) is 11.4 Å². The Morgan fingerprint density at radius 2 is 1.95 bits per heavy atom. The molecule has 0 unspecified atom stereocenters. The average Bonchev–Trinajstić information content (AvgIpc) is 2.46. The number of ether oxygens (including phenoxy) is 1. The number of nitrogens with zero attached hydrogens (tertiary/aromatic N) is 1. The largest absolute Gasteiger partial charge is 0.417 e. The summed E-state index contributed by atoms with van der Waals surface area (Å²) in [5.41, 5.74) is 1.37. The molecule has 2 aromatic rings. The van der Waals surface area contributed by atoms with Gasteiger partial charge >= 0.3 is 6.09 Å². The van der Waals surface area contributed by atoms with Crippen molar-refractivity contribution >= 4 is 17.9 Å². The van der Waals surface area contributed by atoms with Gasteiger partial charge in [0.25, 0.3) is 0 Å². The molecular formula is C15H12N2O3. The molecule has 0 aromatic heterocycles. The molecule has 0 heterocycles. The molecule has 0 saturated heterocycles. The summed E-state index contributed by atoms with van der Waals surface area (Å²) in [5, 5.41) is 2.61.